The van der Waals surface area contributed by atoms with Crippen LogP contribution in [-0.4, -0.2) is 39.2 Å². The highest BCUT2D eigenvalue weighted by atomic mass is 32.2. The van der Waals surface area contributed by atoms with Crippen molar-refractivity contribution in [2.24, 2.45) is 7.05 Å². The predicted octanol–water partition coefficient (Wildman–Crippen LogP) is 3.16. The second-order valence-electron chi connectivity index (χ2n) is 7.35. The van der Waals surface area contributed by atoms with Gasteiger partial charge in [-0.3, -0.25) is 4.68 Å². The second kappa shape index (κ2) is 7.61. The minimum Gasteiger partial charge on any atom is -0.332 e. The van der Waals surface area contributed by atoms with Gasteiger partial charge in [-0.25, -0.2) is 17.2 Å². The largest absolute Gasteiger partial charge is 0.332 e. The van der Waals surface area contributed by atoms with Gasteiger partial charge in [0.2, 0.25) is 15.8 Å². The molecule has 0 atom stereocenters. The molecule has 0 unspecified atom stereocenters. The third-order valence-corrected chi connectivity index (χ3v) is 7.24. The van der Waals surface area contributed by atoms with Crippen LogP contribution in [-0.2, 0) is 30.0 Å². The SMILES string of the molecule is Cn1nc(-c2nc(-c3ccccc3)no2)c2c1CCN(S(=O)(=O)c1cc(F)ccc1F)C2. The van der Waals surface area contributed by atoms with Crippen LogP contribution in [0.3, 0.4) is 0 Å². The highest BCUT2D eigenvalue weighted by Gasteiger charge is 2.35. The Labute approximate surface area is 182 Å². The lowest BCUT2D eigenvalue weighted by Gasteiger charge is -2.26. The molecule has 0 saturated heterocycles. The van der Waals surface area contributed by atoms with Gasteiger partial charge in [-0.05, 0) is 18.2 Å². The molecular formula is C21H17F2N5O3S. The number of fused-ring (bicyclic) bond motifs is 1. The highest BCUT2D eigenvalue weighted by Crippen LogP contribution is 2.33. The zero-order chi connectivity index (χ0) is 22.5. The molecule has 4 aromatic rings. The average molecular weight is 457 g/mol. The number of benzene rings is 2. The van der Waals surface area contributed by atoms with Crippen LogP contribution in [0.5, 0.6) is 0 Å². The quantitative estimate of drug-likeness (QED) is 0.467. The van der Waals surface area contributed by atoms with Crippen molar-refractivity contribution in [1.29, 1.82) is 0 Å². The van der Waals surface area contributed by atoms with Crippen LogP contribution in [0.15, 0.2) is 57.9 Å². The maximum Gasteiger partial charge on any atom is 0.279 e. The second-order valence-corrected chi connectivity index (χ2v) is 9.26. The molecule has 0 radical (unpaired) electrons. The third kappa shape index (κ3) is 3.39. The van der Waals surface area contributed by atoms with Crippen LogP contribution in [0.25, 0.3) is 23.0 Å². The van der Waals surface area contributed by atoms with Gasteiger partial charge in [0.05, 0.1) is 0 Å². The number of halogens is 2. The Balaban J connectivity index is 1.52. The Morgan fingerprint density at radius 2 is 1.88 bits per heavy atom. The third-order valence-electron chi connectivity index (χ3n) is 5.38. The van der Waals surface area contributed by atoms with E-state index in [1.165, 1.54) is 0 Å². The number of sulfonamides is 1. The molecule has 11 heteroatoms. The Morgan fingerprint density at radius 3 is 2.66 bits per heavy atom. The molecular weight excluding hydrogens is 440 g/mol. The number of aromatic nitrogens is 4. The smallest absolute Gasteiger partial charge is 0.279 e. The van der Waals surface area contributed by atoms with E-state index >= 15 is 0 Å². The van der Waals surface area contributed by atoms with Crippen molar-refractivity contribution in [2.75, 3.05) is 6.54 Å². The number of rotatable bonds is 4. The van der Waals surface area contributed by atoms with E-state index in [-0.39, 0.29) is 19.0 Å². The lowest BCUT2D eigenvalue weighted by Crippen LogP contribution is -2.36. The predicted molar refractivity (Wildman–Crippen MR) is 110 cm³/mol. The van der Waals surface area contributed by atoms with Gasteiger partial charge in [-0.2, -0.15) is 14.4 Å². The van der Waals surface area contributed by atoms with E-state index in [1.54, 1.807) is 11.7 Å². The lowest BCUT2D eigenvalue weighted by atomic mass is 10.1. The molecule has 0 saturated carbocycles. The number of hydrogen-bond acceptors (Lipinski definition) is 6. The molecule has 8 nitrogen and oxygen atoms in total. The molecule has 0 bridgehead atoms. The van der Waals surface area contributed by atoms with Crippen LogP contribution >= 0.6 is 0 Å². The summed E-state index contributed by atoms with van der Waals surface area (Å²) < 4.78 is 62.1. The minimum absolute atomic E-state index is 0.0835. The van der Waals surface area contributed by atoms with E-state index in [1.807, 2.05) is 30.3 Å². The first-order valence-corrected chi connectivity index (χ1v) is 11.2. The van der Waals surface area contributed by atoms with Gasteiger partial charge < -0.3 is 4.52 Å². The Morgan fingerprint density at radius 1 is 1.09 bits per heavy atom. The summed E-state index contributed by atoms with van der Waals surface area (Å²) >= 11 is 0. The molecule has 0 fully saturated rings. The van der Waals surface area contributed by atoms with E-state index in [4.69, 9.17) is 4.52 Å². The summed E-state index contributed by atoms with van der Waals surface area (Å²) in [5, 5.41) is 8.45. The van der Waals surface area contributed by atoms with Crippen molar-refractivity contribution in [2.45, 2.75) is 17.9 Å². The summed E-state index contributed by atoms with van der Waals surface area (Å²) in [6.45, 7) is 0.0171. The first kappa shape index (κ1) is 20.5. The summed E-state index contributed by atoms with van der Waals surface area (Å²) in [5.74, 6) is -1.31. The van der Waals surface area contributed by atoms with Crippen molar-refractivity contribution >= 4 is 10.0 Å². The molecule has 0 amide bonds. The van der Waals surface area contributed by atoms with E-state index in [0.717, 1.165) is 27.7 Å². The fourth-order valence-corrected chi connectivity index (χ4v) is 5.27. The molecule has 0 spiro atoms. The van der Waals surface area contributed by atoms with Gasteiger partial charge in [0.1, 0.15) is 16.5 Å². The van der Waals surface area contributed by atoms with Crippen molar-refractivity contribution in [3.8, 4) is 23.0 Å². The Kier molecular flexibility index (Phi) is 4.86. The fourth-order valence-electron chi connectivity index (χ4n) is 3.78. The van der Waals surface area contributed by atoms with E-state index in [2.05, 4.69) is 15.2 Å². The van der Waals surface area contributed by atoms with Crippen LogP contribution in [0.4, 0.5) is 8.78 Å². The van der Waals surface area contributed by atoms with Gasteiger partial charge in [0, 0.05) is 43.4 Å². The number of nitrogens with zero attached hydrogens (tertiary/aromatic N) is 5. The molecule has 0 aliphatic carbocycles. The normalized spacial score (nSPS) is 14.5. The molecule has 2 aromatic heterocycles. The maximum atomic E-state index is 14.2. The zero-order valence-electron chi connectivity index (χ0n) is 16.9. The standard InChI is InChI=1S/C21H17F2N5O3S/c1-27-17-9-10-28(32(29,30)18-11-14(22)7-8-16(18)23)12-15(17)19(25-27)21-24-20(26-31-21)13-5-3-2-4-6-13/h2-8,11H,9-10,12H2,1H3. The summed E-state index contributed by atoms with van der Waals surface area (Å²) in [4.78, 5) is 3.71. The van der Waals surface area contributed by atoms with Gasteiger partial charge in [-0.1, -0.05) is 35.5 Å². The van der Waals surface area contributed by atoms with E-state index in [0.29, 0.717) is 29.6 Å². The molecule has 1 aliphatic heterocycles. The fraction of sp³-hybridized carbons (Fsp3) is 0.190. The minimum atomic E-state index is -4.27. The van der Waals surface area contributed by atoms with Crippen LogP contribution < -0.4 is 0 Å². The molecule has 2 aromatic carbocycles. The summed E-state index contributed by atoms with van der Waals surface area (Å²) in [6.07, 6.45) is 0.342. The molecule has 1 aliphatic rings. The van der Waals surface area contributed by atoms with Gasteiger partial charge in [0.25, 0.3) is 5.89 Å². The Hall–Kier alpha value is -3.44. The van der Waals surface area contributed by atoms with Crippen molar-refractivity contribution in [3.05, 3.63) is 71.4 Å². The summed E-state index contributed by atoms with van der Waals surface area (Å²) in [6, 6.07) is 11.6. The first-order valence-electron chi connectivity index (χ1n) is 9.74. The number of aryl methyl sites for hydroxylation is 1. The molecule has 164 valence electrons. The molecule has 5 rings (SSSR count). The highest BCUT2D eigenvalue weighted by molar-refractivity contribution is 7.89. The first-order chi connectivity index (χ1) is 15.3. The van der Waals surface area contributed by atoms with Crippen molar-refractivity contribution in [1.82, 2.24) is 24.2 Å². The number of hydrogen-bond donors (Lipinski definition) is 0. The molecule has 0 N–H and O–H groups in total. The van der Waals surface area contributed by atoms with Crippen LogP contribution in [0.2, 0.25) is 0 Å². The van der Waals surface area contributed by atoms with Gasteiger partial charge in [0.15, 0.2) is 5.69 Å². The molecule has 32 heavy (non-hydrogen) atoms. The van der Waals surface area contributed by atoms with Gasteiger partial charge in [-0.15, -0.1) is 0 Å². The zero-order valence-corrected chi connectivity index (χ0v) is 17.7. The summed E-state index contributed by atoms with van der Waals surface area (Å²) in [5.41, 5.74) is 2.52. The van der Waals surface area contributed by atoms with Crippen LogP contribution in [0.1, 0.15) is 11.3 Å². The van der Waals surface area contributed by atoms with E-state index in [9.17, 15) is 17.2 Å². The Bertz CT molecular complexity index is 1420. The topological polar surface area (TPSA) is 94.1 Å². The summed E-state index contributed by atoms with van der Waals surface area (Å²) in [7, 11) is -2.53. The lowest BCUT2D eigenvalue weighted by molar-refractivity contribution is 0.382. The van der Waals surface area contributed by atoms with Crippen molar-refractivity contribution < 1.29 is 21.7 Å². The average Bonchev–Trinajstić information content (AvgIpc) is 3.41. The van der Waals surface area contributed by atoms with Crippen LogP contribution in [0, 0.1) is 11.6 Å². The van der Waals surface area contributed by atoms with Gasteiger partial charge >= 0.3 is 0 Å². The monoisotopic (exact) mass is 457 g/mol. The molecule has 3 heterocycles. The maximum absolute atomic E-state index is 14.2. The van der Waals surface area contributed by atoms with E-state index < -0.39 is 26.6 Å². The van der Waals surface area contributed by atoms with Crippen molar-refractivity contribution in [3.63, 3.8) is 0 Å².